The minimum absolute atomic E-state index is 0.168. The molecule has 2 rings (SSSR count). The summed E-state index contributed by atoms with van der Waals surface area (Å²) in [5.41, 5.74) is 7.45. The zero-order chi connectivity index (χ0) is 10.8. The number of nitrogens with two attached hydrogens (primary N) is 1. The van der Waals surface area contributed by atoms with E-state index in [1.165, 1.54) is 31.2 Å². The molecule has 1 nitrogen and oxygen atoms in total. The highest BCUT2D eigenvalue weighted by molar-refractivity contribution is 9.10. The fourth-order valence-corrected chi connectivity index (χ4v) is 2.82. The third kappa shape index (κ3) is 2.55. The minimum Gasteiger partial charge on any atom is -0.324 e. The highest BCUT2D eigenvalue weighted by atomic mass is 79.9. The summed E-state index contributed by atoms with van der Waals surface area (Å²) < 4.78 is 0.940. The molecule has 1 aromatic rings. The molecule has 3 heteroatoms. The largest absolute Gasteiger partial charge is 0.324 e. The van der Waals surface area contributed by atoms with Crippen LogP contribution in [0.3, 0.4) is 0 Å². The van der Waals surface area contributed by atoms with Crippen LogP contribution >= 0.6 is 27.5 Å². The van der Waals surface area contributed by atoms with Crippen LogP contribution < -0.4 is 5.73 Å². The highest BCUT2D eigenvalue weighted by Gasteiger charge is 2.23. The van der Waals surface area contributed by atoms with Crippen LogP contribution in [0.1, 0.15) is 37.3 Å². The minimum atomic E-state index is 0.168. The topological polar surface area (TPSA) is 26.0 Å². The molecular weight excluding hydrogens is 273 g/mol. The fourth-order valence-electron chi connectivity index (χ4n) is 2.31. The van der Waals surface area contributed by atoms with Crippen molar-refractivity contribution in [3.05, 3.63) is 33.3 Å². The van der Waals surface area contributed by atoms with Crippen molar-refractivity contribution >= 4 is 27.5 Å². The van der Waals surface area contributed by atoms with Gasteiger partial charge in [-0.15, -0.1) is 0 Å². The summed E-state index contributed by atoms with van der Waals surface area (Å²) in [6, 6.07) is 6.16. The number of hydrogen-bond donors (Lipinski definition) is 1. The molecule has 0 saturated heterocycles. The van der Waals surface area contributed by atoms with Crippen LogP contribution in [0.25, 0.3) is 0 Å². The Balaban J connectivity index is 2.17. The molecule has 0 amide bonds. The lowest BCUT2D eigenvalue weighted by Gasteiger charge is -2.19. The molecule has 82 valence electrons. The van der Waals surface area contributed by atoms with Crippen LogP contribution in [0.5, 0.6) is 0 Å². The molecule has 1 aliphatic rings. The van der Waals surface area contributed by atoms with Gasteiger partial charge in [0, 0.05) is 10.5 Å². The summed E-state index contributed by atoms with van der Waals surface area (Å²) in [5, 5.41) is 0.748. The number of halogens is 2. The van der Waals surface area contributed by atoms with Gasteiger partial charge >= 0.3 is 0 Å². The predicted molar refractivity (Wildman–Crippen MR) is 68.0 cm³/mol. The molecule has 0 bridgehead atoms. The Morgan fingerprint density at radius 3 is 2.60 bits per heavy atom. The van der Waals surface area contributed by atoms with Crippen molar-refractivity contribution < 1.29 is 0 Å². The van der Waals surface area contributed by atoms with E-state index in [-0.39, 0.29) is 6.04 Å². The Bertz CT molecular complexity index is 347. The number of hydrogen-bond acceptors (Lipinski definition) is 1. The molecule has 2 N–H and O–H groups in total. The fraction of sp³-hybridized carbons (Fsp3) is 0.500. The van der Waals surface area contributed by atoms with Gasteiger partial charge in [0.05, 0.1) is 5.02 Å². The maximum absolute atomic E-state index is 6.26. The zero-order valence-corrected chi connectivity index (χ0v) is 10.9. The Labute approximate surface area is 104 Å². The average molecular weight is 289 g/mol. The third-order valence-electron chi connectivity index (χ3n) is 3.24. The molecule has 1 saturated carbocycles. The van der Waals surface area contributed by atoms with Gasteiger partial charge in [-0.05, 0) is 52.4 Å². The van der Waals surface area contributed by atoms with Crippen LogP contribution in [-0.2, 0) is 0 Å². The number of benzene rings is 1. The smallest absolute Gasteiger partial charge is 0.0548 e. The Morgan fingerprint density at radius 1 is 1.33 bits per heavy atom. The number of rotatable bonds is 2. The van der Waals surface area contributed by atoms with E-state index in [1.54, 1.807) is 0 Å². The molecule has 0 spiro atoms. The van der Waals surface area contributed by atoms with Crippen LogP contribution in [0.2, 0.25) is 5.02 Å². The van der Waals surface area contributed by atoms with Gasteiger partial charge in [0.15, 0.2) is 0 Å². The maximum atomic E-state index is 6.26. The lowest BCUT2D eigenvalue weighted by molar-refractivity contribution is 0.445. The van der Waals surface area contributed by atoms with Crippen molar-refractivity contribution in [2.75, 3.05) is 0 Å². The second kappa shape index (κ2) is 4.86. The molecule has 1 aliphatic carbocycles. The predicted octanol–water partition coefficient (Wildman–Crippen LogP) is 4.29. The molecule has 0 aliphatic heterocycles. The molecule has 15 heavy (non-hydrogen) atoms. The molecule has 0 heterocycles. The molecule has 0 unspecified atom stereocenters. The normalized spacial score (nSPS) is 19.4. The van der Waals surface area contributed by atoms with E-state index >= 15 is 0 Å². The van der Waals surface area contributed by atoms with Gasteiger partial charge in [-0.3, -0.25) is 0 Å². The SMILES string of the molecule is N[C@H](c1ccc(Cl)c(Br)c1)C1CCCC1. The Hall–Kier alpha value is -0.0500. The van der Waals surface area contributed by atoms with Crippen molar-refractivity contribution in [2.45, 2.75) is 31.7 Å². The molecule has 1 aromatic carbocycles. The average Bonchev–Trinajstić information content (AvgIpc) is 2.74. The van der Waals surface area contributed by atoms with Gasteiger partial charge in [-0.1, -0.05) is 30.5 Å². The summed E-state index contributed by atoms with van der Waals surface area (Å²) in [4.78, 5) is 0. The summed E-state index contributed by atoms with van der Waals surface area (Å²) >= 11 is 9.39. The highest BCUT2D eigenvalue weighted by Crippen LogP contribution is 2.35. The first-order chi connectivity index (χ1) is 7.18. The van der Waals surface area contributed by atoms with Gasteiger partial charge in [-0.25, -0.2) is 0 Å². The molecule has 1 atom stereocenters. The molecular formula is C12H15BrClN. The van der Waals surface area contributed by atoms with E-state index in [9.17, 15) is 0 Å². The summed E-state index contributed by atoms with van der Waals surface area (Å²) in [6.07, 6.45) is 5.18. The van der Waals surface area contributed by atoms with E-state index in [1.807, 2.05) is 18.2 Å². The van der Waals surface area contributed by atoms with Gasteiger partial charge in [0.1, 0.15) is 0 Å². The van der Waals surface area contributed by atoms with Gasteiger partial charge in [0.25, 0.3) is 0 Å². The first-order valence-electron chi connectivity index (χ1n) is 5.39. The second-order valence-electron chi connectivity index (χ2n) is 4.24. The first-order valence-corrected chi connectivity index (χ1v) is 6.56. The van der Waals surface area contributed by atoms with Crippen LogP contribution in [0.4, 0.5) is 0 Å². The van der Waals surface area contributed by atoms with E-state index in [4.69, 9.17) is 17.3 Å². The first kappa shape index (κ1) is 11.4. The Morgan fingerprint density at radius 2 is 2.00 bits per heavy atom. The van der Waals surface area contributed by atoms with Crippen molar-refractivity contribution in [1.29, 1.82) is 0 Å². The quantitative estimate of drug-likeness (QED) is 0.863. The van der Waals surface area contributed by atoms with Gasteiger partial charge in [-0.2, -0.15) is 0 Å². The van der Waals surface area contributed by atoms with E-state index in [2.05, 4.69) is 15.9 Å². The van der Waals surface area contributed by atoms with Crippen molar-refractivity contribution in [3.63, 3.8) is 0 Å². The van der Waals surface area contributed by atoms with E-state index in [0.717, 1.165) is 9.50 Å². The lowest BCUT2D eigenvalue weighted by atomic mass is 9.93. The molecule has 0 radical (unpaired) electrons. The van der Waals surface area contributed by atoms with E-state index in [0.29, 0.717) is 5.92 Å². The summed E-state index contributed by atoms with van der Waals surface area (Å²) in [6.45, 7) is 0. The second-order valence-corrected chi connectivity index (χ2v) is 5.51. The van der Waals surface area contributed by atoms with Crippen molar-refractivity contribution in [2.24, 2.45) is 11.7 Å². The standard InChI is InChI=1S/C12H15BrClN/c13-10-7-9(5-6-11(10)14)12(15)8-3-1-2-4-8/h5-8,12H,1-4,15H2/t12-/m0/s1. The van der Waals surface area contributed by atoms with Crippen LogP contribution in [0.15, 0.2) is 22.7 Å². The van der Waals surface area contributed by atoms with E-state index < -0.39 is 0 Å². The van der Waals surface area contributed by atoms with Crippen molar-refractivity contribution in [1.82, 2.24) is 0 Å². The third-order valence-corrected chi connectivity index (χ3v) is 4.45. The van der Waals surface area contributed by atoms with Gasteiger partial charge in [0.2, 0.25) is 0 Å². The summed E-state index contributed by atoms with van der Waals surface area (Å²) in [5.74, 6) is 0.651. The summed E-state index contributed by atoms with van der Waals surface area (Å²) in [7, 11) is 0. The monoisotopic (exact) mass is 287 g/mol. The lowest BCUT2D eigenvalue weighted by Crippen LogP contribution is -2.18. The van der Waals surface area contributed by atoms with Crippen LogP contribution in [0, 0.1) is 5.92 Å². The van der Waals surface area contributed by atoms with Crippen molar-refractivity contribution in [3.8, 4) is 0 Å². The van der Waals surface area contributed by atoms with Gasteiger partial charge < -0.3 is 5.73 Å². The van der Waals surface area contributed by atoms with Crippen LogP contribution in [-0.4, -0.2) is 0 Å². The Kier molecular flexibility index (Phi) is 3.70. The molecule has 0 aromatic heterocycles. The molecule has 1 fully saturated rings. The maximum Gasteiger partial charge on any atom is 0.0548 e. The zero-order valence-electron chi connectivity index (χ0n) is 8.55.